The monoisotopic (exact) mass is 542 g/mol. The molecule has 6 nitrogen and oxygen atoms in total. The number of hydrogen-bond donors (Lipinski definition) is 1. The molecule has 0 fully saturated rings. The topological polar surface area (TPSA) is 77.0 Å². The number of rotatable bonds is 7. The molecule has 0 bridgehead atoms. The molecular formula is C24H16BrClN2O4S. The highest BCUT2D eigenvalue weighted by Gasteiger charge is 2.18. The molecule has 4 rings (SSSR count). The minimum absolute atomic E-state index is 0.159. The molecule has 0 saturated carbocycles. The number of carbonyl (C=O) groups is 2. The maximum absolute atomic E-state index is 12.5. The fourth-order valence-electron chi connectivity index (χ4n) is 2.81. The first kappa shape index (κ1) is 23.0. The summed E-state index contributed by atoms with van der Waals surface area (Å²) in [5.41, 5.74) is 3.11. The van der Waals surface area contributed by atoms with Gasteiger partial charge in [0.1, 0.15) is 16.4 Å². The van der Waals surface area contributed by atoms with Gasteiger partial charge in [0.25, 0.3) is 5.91 Å². The van der Waals surface area contributed by atoms with Crippen LogP contribution in [0.5, 0.6) is 11.5 Å². The van der Waals surface area contributed by atoms with E-state index in [1.165, 1.54) is 17.6 Å². The fraction of sp³-hybridized carbons (Fsp3) is 0.0417. The van der Waals surface area contributed by atoms with Gasteiger partial charge in [-0.1, -0.05) is 45.7 Å². The van der Waals surface area contributed by atoms with Crippen LogP contribution in [0.15, 0.2) is 82.4 Å². The summed E-state index contributed by atoms with van der Waals surface area (Å²) in [6.07, 6.45) is 1.48. The van der Waals surface area contributed by atoms with E-state index in [0.29, 0.717) is 27.0 Å². The normalized spacial score (nSPS) is 11.0. The number of hydrazone groups is 1. The van der Waals surface area contributed by atoms with Gasteiger partial charge in [-0.15, -0.1) is 11.3 Å². The molecule has 0 atom stereocenters. The highest BCUT2D eigenvalue weighted by Crippen LogP contribution is 2.35. The smallest absolute Gasteiger partial charge is 0.355 e. The number of amides is 1. The van der Waals surface area contributed by atoms with Crippen LogP contribution in [0.3, 0.4) is 0 Å². The van der Waals surface area contributed by atoms with Gasteiger partial charge in [0, 0.05) is 14.6 Å². The van der Waals surface area contributed by atoms with Crippen molar-refractivity contribution in [2.24, 2.45) is 5.10 Å². The SMILES string of the molecule is O=C(COc1ccc(Br)cc1)NN=Cc1ccc(OC(=O)c2sc3ccccc3c2Cl)cc1. The van der Waals surface area contributed by atoms with E-state index >= 15 is 0 Å². The Balaban J connectivity index is 1.29. The highest BCUT2D eigenvalue weighted by molar-refractivity contribution is 9.10. The Labute approximate surface area is 206 Å². The van der Waals surface area contributed by atoms with Gasteiger partial charge in [-0.3, -0.25) is 4.79 Å². The maximum Gasteiger partial charge on any atom is 0.355 e. The Hall–Kier alpha value is -3.20. The van der Waals surface area contributed by atoms with Crippen LogP contribution in [0.2, 0.25) is 5.02 Å². The molecule has 166 valence electrons. The summed E-state index contributed by atoms with van der Waals surface area (Å²) in [5, 5.41) is 5.13. The second-order valence-corrected chi connectivity index (χ2v) is 9.08. The van der Waals surface area contributed by atoms with Crippen LogP contribution in [0.1, 0.15) is 15.2 Å². The summed E-state index contributed by atoms with van der Waals surface area (Å²) in [4.78, 5) is 24.7. The zero-order valence-electron chi connectivity index (χ0n) is 17.0. The van der Waals surface area contributed by atoms with Gasteiger partial charge >= 0.3 is 5.97 Å². The van der Waals surface area contributed by atoms with E-state index in [2.05, 4.69) is 26.5 Å². The summed E-state index contributed by atoms with van der Waals surface area (Å²) >= 11 is 11.0. The third-order valence-electron chi connectivity index (χ3n) is 4.40. The average Bonchev–Trinajstić information content (AvgIpc) is 3.17. The first-order chi connectivity index (χ1) is 16.0. The number of fused-ring (bicyclic) bond motifs is 1. The van der Waals surface area contributed by atoms with Crippen molar-refractivity contribution in [3.63, 3.8) is 0 Å². The Morgan fingerprint density at radius 2 is 1.70 bits per heavy atom. The second kappa shape index (κ2) is 10.6. The molecule has 0 radical (unpaired) electrons. The van der Waals surface area contributed by atoms with Crippen LogP contribution in [-0.2, 0) is 4.79 Å². The molecule has 0 aliphatic heterocycles. The predicted molar refractivity (Wildman–Crippen MR) is 134 cm³/mol. The molecule has 1 aromatic heterocycles. The van der Waals surface area contributed by atoms with Crippen LogP contribution in [0, 0.1) is 0 Å². The van der Waals surface area contributed by atoms with Crippen molar-refractivity contribution in [3.8, 4) is 11.5 Å². The lowest BCUT2D eigenvalue weighted by Crippen LogP contribution is -2.24. The van der Waals surface area contributed by atoms with Crippen molar-refractivity contribution >= 4 is 67.0 Å². The standard InChI is InChI=1S/C24H16BrClN2O4S/c25-16-7-11-17(12-8-16)31-14-21(29)28-27-13-15-5-9-18(10-6-15)32-24(30)23-22(26)19-3-1-2-4-20(19)33-23/h1-13H,14H2,(H,28,29). The minimum Gasteiger partial charge on any atom is -0.484 e. The van der Waals surface area contributed by atoms with Gasteiger partial charge in [0.2, 0.25) is 0 Å². The number of ether oxygens (including phenoxy) is 2. The first-order valence-electron chi connectivity index (χ1n) is 9.69. The summed E-state index contributed by atoms with van der Waals surface area (Å²) in [7, 11) is 0. The van der Waals surface area contributed by atoms with Crippen molar-refractivity contribution < 1.29 is 19.1 Å². The molecule has 1 amide bonds. The van der Waals surface area contributed by atoms with Crippen LogP contribution in [0.4, 0.5) is 0 Å². The molecule has 9 heteroatoms. The molecule has 0 spiro atoms. The van der Waals surface area contributed by atoms with E-state index in [4.69, 9.17) is 21.1 Å². The second-order valence-electron chi connectivity index (χ2n) is 6.74. The minimum atomic E-state index is -0.513. The quantitative estimate of drug-likeness (QED) is 0.133. The van der Waals surface area contributed by atoms with Gasteiger partial charge in [0.15, 0.2) is 6.61 Å². The van der Waals surface area contributed by atoms with Crippen LogP contribution >= 0.6 is 38.9 Å². The zero-order valence-corrected chi connectivity index (χ0v) is 20.1. The average molecular weight is 544 g/mol. The Morgan fingerprint density at radius 1 is 1.00 bits per heavy atom. The number of nitrogens with one attached hydrogen (secondary N) is 1. The van der Waals surface area contributed by atoms with E-state index in [9.17, 15) is 9.59 Å². The first-order valence-corrected chi connectivity index (χ1v) is 11.7. The van der Waals surface area contributed by atoms with E-state index in [1.54, 1.807) is 36.4 Å². The molecule has 4 aromatic rings. The molecule has 3 aromatic carbocycles. The van der Waals surface area contributed by atoms with Gasteiger partial charge in [0.05, 0.1) is 11.2 Å². The lowest BCUT2D eigenvalue weighted by molar-refractivity contribution is -0.123. The Morgan fingerprint density at radius 3 is 2.42 bits per heavy atom. The molecule has 0 saturated heterocycles. The maximum atomic E-state index is 12.5. The predicted octanol–water partition coefficient (Wildman–Crippen LogP) is 6.07. The van der Waals surface area contributed by atoms with Crippen molar-refractivity contribution in [2.75, 3.05) is 6.61 Å². The number of esters is 1. The van der Waals surface area contributed by atoms with Gasteiger partial charge in [-0.2, -0.15) is 5.10 Å². The lowest BCUT2D eigenvalue weighted by atomic mass is 10.2. The number of halogens is 2. The van der Waals surface area contributed by atoms with E-state index in [-0.39, 0.29) is 12.5 Å². The van der Waals surface area contributed by atoms with Crippen LogP contribution < -0.4 is 14.9 Å². The molecule has 0 unspecified atom stereocenters. The third-order valence-corrected chi connectivity index (χ3v) is 6.58. The van der Waals surface area contributed by atoms with Gasteiger partial charge in [-0.05, 0) is 60.2 Å². The van der Waals surface area contributed by atoms with Gasteiger partial charge < -0.3 is 9.47 Å². The van der Waals surface area contributed by atoms with Gasteiger partial charge in [-0.25, -0.2) is 10.2 Å². The third kappa shape index (κ3) is 5.98. The fourth-order valence-corrected chi connectivity index (χ4v) is 4.46. The zero-order chi connectivity index (χ0) is 23.2. The van der Waals surface area contributed by atoms with Crippen molar-refractivity contribution in [2.45, 2.75) is 0 Å². The highest BCUT2D eigenvalue weighted by atomic mass is 79.9. The van der Waals surface area contributed by atoms with Crippen molar-refractivity contribution in [1.82, 2.24) is 5.43 Å². The number of hydrogen-bond acceptors (Lipinski definition) is 6. The largest absolute Gasteiger partial charge is 0.484 e. The number of nitrogens with zero attached hydrogens (tertiary/aromatic N) is 1. The summed E-state index contributed by atoms with van der Waals surface area (Å²) in [6, 6.07) is 21.4. The number of benzene rings is 3. The summed E-state index contributed by atoms with van der Waals surface area (Å²) < 4.78 is 12.7. The molecule has 0 aliphatic carbocycles. The van der Waals surface area contributed by atoms with Crippen LogP contribution in [-0.4, -0.2) is 24.7 Å². The lowest BCUT2D eigenvalue weighted by Gasteiger charge is -2.05. The summed E-state index contributed by atoms with van der Waals surface area (Å²) in [6.45, 7) is -0.159. The molecule has 1 heterocycles. The summed E-state index contributed by atoms with van der Waals surface area (Å²) in [5.74, 6) is 0.0533. The van der Waals surface area contributed by atoms with E-state index < -0.39 is 5.97 Å². The molecular weight excluding hydrogens is 528 g/mol. The van der Waals surface area contributed by atoms with E-state index in [0.717, 1.165) is 14.6 Å². The molecule has 0 aliphatic rings. The Bertz CT molecular complexity index is 1320. The van der Waals surface area contributed by atoms with Crippen molar-refractivity contribution in [3.05, 3.63) is 92.7 Å². The van der Waals surface area contributed by atoms with E-state index in [1.807, 2.05) is 36.4 Å². The molecule has 1 N–H and O–H groups in total. The van der Waals surface area contributed by atoms with Crippen molar-refractivity contribution in [1.29, 1.82) is 0 Å². The van der Waals surface area contributed by atoms with Crippen LogP contribution in [0.25, 0.3) is 10.1 Å². The number of thiophene rings is 1. The Kier molecular flexibility index (Phi) is 7.39. The number of carbonyl (C=O) groups excluding carboxylic acids is 2. The molecule has 33 heavy (non-hydrogen) atoms.